The Labute approximate surface area is 178 Å². The minimum Gasteiger partial charge on any atom is -0.491 e. The molecule has 2 heterocycles. The summed E-state index contributed by atoms with van der Waals surface area (Å²) >= 11 is 0. The Morgan fingerprint density at radius 1 is 1.10 bits per heavy atom. The average Bonchev–Trinajstić information content (AvgIpc) is 3.33. The smallest absolute Gasteiger partial charge is 0.254 e. The van der Waals surface area contributed by atoms with Crippen LogP contribution in [0.25, 0.3) is 6.08 Å². The summed E-state index contributed by atoms with van der Waals surface area (Å²) in [4.78, 5) is 16.3. The Kier molecular flexibility index (Phi) is 7.16. The van der Waals surface area contributed by atoms with Crippen LogP contribution in [0.5, 0.6) is 5.75 Å². The van der Waals surface area contributed by atoms with Gasteiger partial charge in [-0.1, -0.05) is 36.4 Å². The second-order valence-electron chi connectivity index (χ2n) is 8.03. The van der Waals surface area contributed by atoms with Gasteiger partial charge in [0.15, 0.2) is 0 Å². The van der Waals surface area contributed by atoms with Crippen molar-refractivity contribution in [3.63, 3.8) is 0 Å². The van der Waals surface area contributed by atoms with E-state index < -0.39 is 0 Å². The van der Waals surface area contributed by atoms with Crippen molar-refractivity contribution in [2.45, 2.75) is 18.9 Å². The van der Waals surface area contributed by atoms with Gasteiger partial charge in [-0.3, -0.25) is 4.79 Å². The number of carbonyl (C=O) groups excluding carboxylic acids is 1. The minimum atomic E-state index is 0.111. The third kappa shape index (κ3) is 5.71. The zero-order valence-corrected chi connectivity index (χ0v) is 17.5. The molecular formula is C25H31N2O3+. The summed E-state index contributed by atoms with van der Waals surface area (Å²) < 4.78 is 11.4. The fourth-order valence-corrected chi connectivity index (χ4v) is 4.00. The fourth-order valence-electron chi connectivity index (χ4n) is 4.00. The van der Waals surface area contributed by atoms with Crippen LogP contribution in [0.15, 0.2) is 60.7 Å². The number of carbonyl (C=O) groups is 1. The van der Waals surface area contributed by atoms with Gasteiger partial charge >= 0.3 is 0 Å². The van der Waals surface area contributed by atoms with Crippen LogP contribution in [0.1, 0.15) is 28.8 Å². The van der Waals surface area contributed by atoms with Gasteiger partial charge in [0.25, 0.3) is 5.91 Å². The van der Waals surface area contributed by atoms with Gasteiger partial charge in [-0.15, -0.1) is 0 Å². The second-order valence-corrected chi connectivity index (χ2v) is 8.03. The average molecular weight is 408 g/mol. The number of rotatable bonds is 7. The summed E-state index contributed by atoms with van der Waals surface area (Å²) in [5.74, 6) is 0.904. The monoisotopic (exact) mass is 407 g/mol. The third-order valence-electron chi connectivity index (χ3n) is 5.84. The quantitative estimate of drug-likeness (QED) is 0.766. The molecule has 158 valence electrons. The summed E-state index contributed by atoms with van der Waals surface area (Å²) in [6.07, 6.45) is 6.78. The third-order valence-corrected chi connectivity index (χ3v) is 5.84. The lowest BCUT2D eigenvalue weighted by Gasteiger charge is -2.31. The van der Waals surface area contributed by atoms with Crippen LogP contribution >= 0.6 is 0 Å². The van der Waals surface area contributed by atoms with Crippen LogP contribution in [0, 0.1) is 0 Å². The Balaban J connectivity index is 1.21. The van der Waals surface area contributed by atoms with E-state index in [1.807, 2.05) is 35.2 Å². The molecule has 2 aromatic rings. The molecule has 4 rings (SSSR count). The number of ether oxygens (including phenoxy) is 2. The van der Waals surface area contributed by atoms with E-state index in [9.17, 15) is 4.79 Å². The van der Waals surface area contributed by atoms with E-state index in [4.69, 9.17) is 9.47 Å². The molecule has 0 aromatic heterocycles. The van der Waals surface area contributed by atoms with Crippen LogP contribution in [0.3, 0.4) is 0 Å². The number of hydrogen-bond donors (Lipinski definition) is 1. The summed E-state index contributed by atoms with van der Waals surface area (Å²) in [7, 11) is 0. The first-order valence-electron chi connectivity index (χ1n) is 11.0. The molecule has 0 radical (unpaired) electrons. The Morgan fingerprint density at radius 3 is 2.57 bits per heavy atom. The SMILES string of the molecule is O=C(c1ccc(OC[C@@H]2CCCO2)cc1)N1CC[NH+](C/C=C/c2ccccc2)CC1. The molecule has 1 amide bonds. The molecule has 5 nitrogen and oxygen atoms in total. The van der Waals surface area contributed by atoms with E-state index >= 15 is 0 Å². The zero-order chi connectivity index (χ0) is 20.6. The first-order chi connectivity index (χ1) is 14.8. The molecule has 0 saturated carbocycles. The molecule has 2 fully saturated rings. The van der Waals surface area contributed by atoms with Crippen molar-refractivity contribution in [1.29, 1.82) is 0 Å². The molecule has 5 heteroatoms. The van der Waals surface area contributed by atoms with Crippen LogP contribution in [0.4, 0.5) is 0 Å². The Morgan fingerprint density at radius 2 is 1.87 bits per heavy atom. The number of benzene rings is 2. The summed E-state index contributed by atoms with van der Waals surface area (Å²) in [5.41, 5.74) is 1.96. The summed E-state index contributed by atoms with van der Waals surface area (Å²) in [5, 5.41) is 0. The molecule has 0 spiro atoms. The van der Waals surface area contributed by atoms with E-state index in [1.165, 1.54) is 10.5 Å². The lowest BCUT2D eigenvalue weighted by Crippen LogP contribution is -3.14. The van der Waals surface area contributed by atoms with Crippen molar-refractivity contribution in [1.82, 2.24) is 4.90 Å². The summed E-state index contributed by atoms with van der Waals surface area (Å²) in [6.45, 7) is 5.96. The summed E-state index contributed by atoms with van der Waals surface area (Å²) in [6, 6.07) is 17.9. The van der Waals surface area contributed by atoms with Crippen molar-refractivity contribution in [3.05, 3.63) is 71.8 Å². The van der Waals surface area contributed by atoms with E-state index in [0.717, 1.165) is 63.5 Å². The highest BCUT2D eigenvalue weighted by Crippen LogP contribution is 2.17. The topological polar surface area (TPSA) is 43.2 Å². The predicted molar refractivity (Wildman–Crippen MR) is 118 cm³/mol. The zero-order valence-electron chi connectivity index (χ0n) is 17.5. The van der Waals surface area contributed by atoms with Gasteiger partial charge in [0, 0.05) is 12.2 Å². The standard InChI is InChI=1S/C25H30N2O3/c28-25(22-10-12-23(13-11-22)30-20-24-9-5-19-29-24)27-17-15-26(16-18-27)14-4-8-21-6-2-1-3-7-21/h1-4,6-8,10-13,24H,5,9,14-20H2/p+1/b8-4+/t24-/m0/s1. The van der Waals surface area contributed by atoms with Gasteiger partial charge in [-0.25, -0.2) is 0 Å². The number of nitrogens with zero attached hydrogens (tertiary/aromatic N) is 1. The van der Waals surface area contributed by atoms with Gasteiger partial charge < -0.3 is 19.3 Å². The number of amides is 1. The van der Waals surface area contributed by atoms with Crippen LogP contribution < -0.4 is 9.64 Å². The maximum absolute atomic E-state index is 12.8. The highest BCUT2D eigenvalue weighted by atomic mass is 16.5. The number of quaternary nitrogens is 1. The predicted octanol–water partition coefficient (Wildman–Crippen LogP) is 2.30. The van der Waals surface area contributed by atoms with E-state index in [1.54, 1.807) is 0 Å². The number of piperazine rings is 1. The molecular weight excluding hydrogens is 376 g/mol. The lowest BCUT2D eigenvalue weighted by molar-refractivity contribution is -0.898. The van der Waals surface area contributed by atoms with Gasteiger partial charge in [-0.05, 0) is 48.7 Å². The van der Waals surface area contributed by atoms with Crippen molar-refractivity contribution >= 4 is 12.0 Å². The number of hydrogen-bond acceptors (Lipinski definition) is 3. The van der Waals surface area contributed by atoms with Gasteiger partial charge in [-0.2, -0.15) is 0 Å². The molecule has 1 N–H and O–H groups in total. The van der Waals surface area contributed by atoms with Crippen molar-refractivity contribution in [3.8, 4) is 5.75 Å². The van der Waals surface area contributed by atoms with Crippen LogP contribution in [0.2, 0.25) is 0 Å². The first-order valence-corrected chi connectivity index (χ1v) is 11.0. The van der Waals surface area contributed by atoms with E-state index in [2.05, 4.69) is 36.4 Å². The molecule has 0 bridgehead atoms. The normalized spacial score (nSPS) is 20.0. The van der Waals surface area contributed by atoms with Crippen molar-refractivity contribution in [2.24, 2.45) is 0 Å². The molecule has 0 aliphatic carbocycles. The second kappa shape index (κ2) is 10.4. The Hall–Kier alpha value is -2.63. The highest BCUT2D eigenvalue weighted by Gasteiger charge is 2.24. The molecule has 2 aliphatic rings. The van der Waals surface area contributed by atoms with E-state index in [-0.39, 0.29) is 12.0 Å². The fraction of sp³-hybridized carbons (Fsp3) is 0.400. The maximum Gasteiger partial charge on any atom is 0.254 e. The largest absolute Gasteiger partial charge is 0.491 e. The van der Waals surface area contributed by atoms with Crippen LogP contribution in [-0.2, 0) is 4.74 Å². The maximum atomic E-state index is 12.8. The first kappa shape index (κ1) is 20.6. The van der Waals surface area contributed by atoms with Gasteiger partial charge in [0.1, 0.15) is 12.4 Å². The van der Waals surface area contributed by atoms with Crippen LogP contribution in [-0.4, -0.2) is 62.8 Å². The lowest BCUT2D eigenvalue weighted by atomic mass is 10.1. The molecule has 0 unspecified atom stereocenters. The molecule has 1 atom stereocenters. The highest BCUT2D eigenvalue weighted by molar-refractivity contribution is 5.94. The van der Waals surface area contributed by atoms with E-state index in [0.29, 0.717) is 6.61 Å². The van der Waals surface area contributed by atoms with Crippen molar-refractivity contribution < 1.29 is 19.2 Å². The number of nitrogens with one attached hydrogen (secondary N) is 1. The van der Waals surface area contributed by atoms with Gasteiger partial charge in [0.05, 0.1) is 38.8 Å². The molecule has 2 saturated heterocycles. The van der Waals surface area contributed by atoms with Crippen molar-refractivity contribution in [2.75, 3.05) is 45.9 Å². The van der Waals surface area contributed by atoms with Gasteiger partial charge in [0.2, 0.25) is 0 Å². The molecule has 2 aromatic carbocycles. The molecule has 30 heavy (non-hydrogen) atoms. The molecule has 2 aliphatic heterocycles. The minimum absolute atomic E-state index is 0.111. The Bertz CT molecular complexity index is 821.